The molecule has 0 amide bonds. The van der Waals surface area contributed by atoms with Crippen molar-refractivity contribution in [2.45, 2.75) is 19.3 Å². The van der Waals surface area contributed by atoms with Gasteiger partial charge in [-0.25, -0.2) is 0 Å². The highest BCUT2D eigenvalue weighted by molar-refractivity contribution is 6.32. The maximum atomic E-state index is 6.25. The molecular formula is C16H18BCl. The molecule has 1 aliphatic rings. The van der Waals surface area contributed by atoms with Gasteiger partial charge in [-0.05, 0) is 48.0 Å². The first-order chi connectivity index (χ1) is 8.65. The Labute approximate surface area is 115 Å². The average molecular weight is 257 g/mol. The highest BCUT2D eigenvalue weighted by Gasteiger charge is 2.25. The van der Waals surface area contributed by atoms with Gasteiger partial charge in [0.1, 0.15) is 7.85 Å². The third kappa shape index (κ3) is 2.79. The van der Waals surface area contributed by atoms with Gasteiger partial charge in [-0.1, -0.05) is 42.5 Å². The lowest BCUT2D eigenvalue weighted by atomic mass is 9.80. The summed E-state index contributed by atoms with van der Waals surface area (Å²) >= 11 is 6.25. The second-order valence-corrected chi connectivity index (χ2v) is 5.29. The minimum absolute atomic E-state index is 0.749. The van der Waals surface area contributed by atoms with Gasteiger partial charge in [0, 0.05) is 5.02 Å². The van der Waals surface area contributed by atoms with Crippen molar-refractivity contribution in [1.82, 2.24) is 0 Å². The van der Waals surface area contributed by atoms with Crippen LogP contribution in [0, 0.1) is 5.92 Å². The molecule has 0 nitrogen and oxygen atoms in total. The van der Waals surface area contributed by atoms with E-state index in [1.807, 2.05) is 30.3 Å². The molecule has 0 unspecified atom stereocenters. The molecule has 0 N–H and O–H groups in total. The van der Waals surface area contributed by atoms with Crippen LogP contribution in [0.1, 0.15) is 24.8 Å². The van der Waals surface area contributed by atoms with E-state index < -0.39 is 0 Å². The largest absolute Gasteiger partial charge is 0.134 e. The molecule has 1 aromatic carbocycles. The smallest absolute Gasteiger partial charge is 0.103 e. The van der Waals surface area contributed by atoms with Crippen molar-refractivity contribution in [3.8, 4) is 0 Å². The van der Waals surface area contributed by atoms with Crippen LogP contribution in [0.3, 0.4) is 0 Å². The van der Waals surface area contributed by atoms with Crippen LogP contribution in [0.25, 0.3) is 5.57 Å². The molecule has 1 saturated carbocycles. The summed E-state index contributed by atoms with van der Waals surface area (Å²) in [6, 6.07) is 7.90. The summed E-state index contributed by atoms with van der Waals surface area (Å²) in [5, 5.41) is 0.771. The van der Waals surface area contributed by atoms with Gasteiger partial charge in [0.2, 0.25) is 0 Å². The Morgan fingerprint density at radius 2 is 2.06 bits per heavy atom. The van der Waals surface area contributed by atoms with Crippen LogP contribution in [0.15, 0.2) is 54.5 Å². The fourth-order valence-corrected chi connectivity index (χ4v) is 2.55. The van der Waals surface area contributed by atoms with Crippen LogP contribution in [0.4, 0.5) is 0 Å². The van der Waals surface area contributed by atoms with Crippen LogP contribution in [0.5, 0.6) is 0 Å². The van der Waals surface area contributed by atoms with Crippen LogP contribution in [0.2, 0.25) is 5.02 Å². The van der Waals surface area contributed by atoms with Gasteiger partial charge in [0.05, 0.1) is 0 Å². The van der Waals surface area contributed by atoms with Crippen molar-refractivity contribution in [2.75, 3.05) is 0 Å². The Balaban J connectivity index is 2.38. The standard InChI is InChI=1S/C16H18BCl/c1-3-6-14(16(17)12-9-10-12)11(2)13-7-4-5-8-15(13)18/h3-5,7-8,12H,1-2,6,9-10,17H2/b16-14-. The summed E-state index contributed by atoms with van der Waals surface area (Å²) in [6.45, 7) is 8.10. The fourth-order valence-electron chi connectivity index (χ4n) is 2.30. The van der Waals surface area contributed by atoms with E-state index in [4.69, 9.17) is 11.6 Å². The SMILES string of the molecule is B/C(=C(/CC=C)C(=C)c1ccccc1Cl)C1CC1. The van der Waals surface area contributed by atoms with E-state index in [0.717, 1.165) is 28.5 Å². The average Bonchev–Trinajstić information content (AvgIpc) is 3.19. The van der Waals surface area contributed by atoms with Gasteiger partial charge in [-0.15, -0.1) is 12.1 Å². The Morgan fingerprint density at radius 3 is 2.61 bits per heavy atom. The van der Waals surface area contributed by atoms with Crippen molar-refractivity contribution in [3.63, 3.8) is 0 Å². The molecule has 1 fully saturated rings. The molecule has 2 heteroatoms. The lowest BCUT2D eigenvalue weighted by molar-refractivity contribution is 1.05. The Bertz CT molecular complexity index is 510. The molecular weight excluding hydrogens is 238 g/mol. The number of hydrogen-bond acceptors (Lipinski definition) is 0. The molecule has 0 aliphatic heterocycles. The summed E-state index contributed by atoms with van der Waals surface area (Å²) in [5.74, 6) is 0.749. The van der Waals surface area contributed by atoms with E-state index in [2.05, 4.69) is 21.0 Å². The van der Waals surface area contributed by atoms with Crippen molar-refractivity contribution < 1.29 is 0 Å². The summed E-state index contributed by atoms with van der Waals surface area (Å²) < 4.78 is 0. The molecule has 0 spiro atoms. The summed E-state index contributed by atoms with van der Waals surface area (Å²) in [5.41, 5.74) is 4.85. The number of hydrogen-bond donors (Lipinski definition) is 0. The van der Waals surface area contributed by atoms with E-state index in [0.29, 0.717) is 0 Å². The Hall–Kier alpha value is -1.21. The number of rotatable bonds is 5. The van der Waals surface area contributed by atoms with E-state index in [1.165, 1.54) is 23.9 Å². The molecule has 2 rings (SSSR count). The number of halogens is 1. The Kier molecular flexibility index (Phi) is 4.13. The van der Waals surface area contributed by atoms with E-state index in [-0.39, 0.29) is 0 Å². The summed E-state index contributed by atoms with van der Waals surface area (Å²) in [6.07, 6.45) is 5.43. The third-order valence-electron chi connectivity index (χ3n) is 3.58. The van der Waals surface area contributed by atoms with Crippen LogP contribution in [-0.4, -0.2) is 7.85 Å². The second kappa shape index (κ2) is 5.62. The molecule has 0 bridgehead atoms. The summed E-state index contributed by atoms with van der Waals surface area (Å²) in [4.78, 5) is 0. The van der Waals surface area contributed by atoms with Gasteiger partial charge >= 0.3 is 0 Å². The third-order valence-corrected chi connectivity index (χ3v) is 3.91. The van der Waals surface area contributed by atoms with Gasteiger partial charge in [-0.3, -0.25) is 0 Å². The lowest BCUT2D eigenvalue weighted by Crippen LogP contribution is -1.97. The van der Waals surface area contributed by atoms with Crippen molar-refractivity contribution in [2.24, 2.45) is 5.92 Å². The van der Waals surface area contributed by atoms with Gasteiger partial charge in [0.15, 0.2) is 0 Å². The van der Waals surface area contributed by atoms with E-state index >= 15 is 0 Å². The minimum Gasteiger partial charge on any atom is -0.103 e. The maximum Gasteiger partial charge on any atom is 0.134 e. The first kappa shape index (κ1) is 13.2. The zero-order chi connectivity index (χ0) is 13.1. The molecule has 18 heavy (non-hydrogen) atoms. The zero-order valence-corrected chi connectivity index (χ0v) is 11.6. The maximum absolute atomic E-state index is 6.25. The fraction of sp³-hybridized carbons (Fsp3) is 0.250. The quantitative estimate of drug-likeness (QED) is 0.420. The van der Waals surface area contributed by atoms with Crippen molar-refractivity contribution in [3.05, 3.63) is 65.1 Å². The van der Waals surface area contributed by atoms with Crippen LogP contribution >= 0.6 is 11.6 Å². The molecule has 0 radical (unpaired) electrons. The Morgan fingerprint density at radius 1 is 1.39 bits per heavy atom. The lowest BCUT2D eigenvalue weighted by Gasteiger charge is -2.15. The van der Waals surface area contributed by atoms with Gasteiger partial charge in [-0.2, -0.15) is 0 Å². The number of benzene rings is 1. The van der Waals surface area contributed by atoms with Crippen molar-refractivity contribution >= 4 is 25.0 Å². The summed E-state index contributed by atoms with van der Waals surface area (Å²) in [7, 11) is 2.22. The van der Waals surface area contributed by atoms with Gasteiger partial charge < -0.3 is 0 Å². The monoisotopic (exact) mass is 256 g/mol. The highest BCUT2D eigenvalue weighted by atomic mass is 35.5. The molecule has 92 valence electrons. The number of allylic oxidation sites excluding steroid dienone is 4. The first-order valence-electron chi connectivity index (χ1n) is 6.40. The zero-order valence-electron chi connectivity index (χ0n) is 10.9. The molecule has 0 saturated heterocycles. The molecule has 1 aliphatic carbocycles. The van der Waals surface area contributed by atoms with Crippen LogP contribution < -0.4 is 0 Å². The molecule has 0 atom stereocenters. The van der Waals surface area contributed by atoms with Crippen LogP contribution in [-0.2, 0) is 0 Å². The molecule has 0 heterocycles. The molecule has 0 aromatic heterocycles. The topological polar surface area (TPSA) is 0 Å². The minimum atomic E-state index is 0.749. The van der Waals surface area contributed by atoms with E-state index in [9.17, 15) is 0 Å². The highest BCUT2D eigenvalue weighted by Crippen LogP contribution is 2.40. The first-order valence-corrected chi connectivity index (χ1v) is 6.77. The van der Waals surface area contributed by atoms with Gasteiger partial charge in [0.25, 0.3) is 0 Å². The van der Waals surface area contributed by atoms with Crippen molar-refractivity contribution in [1.29, 1.82) is 0 Å². The second-order valence-electron chi connectivity index (χ2n) is 4.89. The van der Waals surface area contributed by atoms with E-state index in [1.54, 1.807) is 0 Å². The normalized spacial score (nSPS) is 16.1. The predicted molar refractivity (Wildman–Crippen MR) is 83.6 cm³/mol. The predicted octanol–water partition coefficient (Wildman–Crippen LogP) is 4.23. The molecule has 1 aromatic rings.